The van der Waals surface area contributed by atoms with Crippen LogP contribution < -0.4 is 20.7 Å². The zero-order valence-corrected chi connectivity index (χ0v) is 21.5. The van der Waals surface area contributed by atoms with E-state index in [0.717, 1.165) is 43.0 Å². The maximum Gasteiger partial charge on any atom is 0.349 e. The van der Waals surface area contributed by atoms with Crippen molar-refractivity contribution in [2.45, 2.75) is 50.0 Å². The van der Waals surface area contributed by atoms with Gasteiger partial charge in [-0.3, -0.25) is 9.78 Å². The fourth-order valence-corrected chi connectivity index (χ4v) is 6.21. The quantitative estimate of drug-likeness (QED) is 0.400. The second kappa shape index (κ2) is 10.6. The predicted molar refractivity (Wildman–Crippen MR) is 135 cm³/mol. The van der Waals surface area contributed by atoms with E-state index in [1.54, 1.807) is 0 Å². The molecule has 0 amide bonds. The number of H-pyrrole nitrogens is 1. The highest BCUT2D eigenvalue weighted by Crippen LogP contribution is 2.39. The van der Waals surface area contributed by atoms with Crippen LogP contribution in [0.2, 0.25) is 10.0 Å². The maximum atomic E-state index is 13.1. The van der Waals surface area contributed by atoms with Crippen molar-refractivity contribution in [1.29, 1.82) is 0 Å². The molecule has 3 N–H and O–H groups in total. The van der Waals surface area contributed by atoms with Gasteiger partial charge in [0, 0.05) is 12.1 Å². The summed E-state index contributed by atoms with van der Waals surface area (Å²) in [7, 11) is -4.05. The first-order valence-corrected chi connectivity index (χ1v) is 13.5. The normalized spacial score (nSPS) is 15.5. The van der Waals surface area contributed by atoms with E-state index in [2.05, 4.69) is 14.8 Å². The van der Waals surface area contributed by atoms with Crippen molar-refractivity contribution >= 4 is 33.2 Å². The Labute approximate surface area is 216 Å². The van der Waals surface area contributed by atoms with E-state index in [-0.39, 0.29) is 44.1 Å². The van der Waals surface area contributed by atoms with Crippen molar-refractivity contribution in [3.05, 3.63) is 67.4 Å². The molecule has 1 aromatic heterocycles. The predicted octanol–water partition coefficient (Wildman–Crippen LogP) is 3.97. The van der Waals surface area contributed by atoms with Gasteiger partial charge in [0.1, 0.15) is 22.6 Å². The number of aromatic nitrogens is 3. The fourth-order valence-electron chi connectivity index (χ4n) is 4.23. The maximum absolute atomic E-state index is 13.1. The van der Waals surface area contributed by atoms with Gasteiger partial charge in [-0.25, -0.2) is 17.9 Å². The molecule has 192 valence electrons. The second-order valence-corrected chi connectivity index (χ2v) is 11.1. The van der Waals surface area contributed by atoms with Crippen LogP contribution in [0.3, 0.4) is 0 Å². The van der Waals surface area contributed by atoms with Crippen LogP contribution in [0.1, 0.15) is 39.0 Å². The Bertz CT molecular complexity index is 1480. The molecule has 1 atom stereocenters. The molecule has 1 heterocycles. The van der Waals surface area contributed by atoms with E-state index in [0.29, 0.717) is 0 Å². The van der Waals surface area contributed by atoms with Gasteiger partial charge in [-0.15, -0.1) is 0 Å². The number of aromatic hydroxyl groups is 1. The SMILES string of the molecule is CC(NS(=O)(=O)c1cc(Oc2c(Cl)cc(-n3ncc(=O)[nH]c3=O)cc2Cl)ccc1O)C1CCCCC1. The lowest BCUT2D eigenvalue weighted by atomic mass is 9.85. The standard InChI is InChI=1S/C23H24Cl2N4O6S/c1-13(14-5-3-2-4-6-14)28-36(33,34)20-11-16(7-8-19(20)30)35-22-17(24)9-15(10-18(22)25)29-23(32)27-21(31)12-26-29/h7-14,28,30H,2-6H2,1H3,(H,27,31,32). The molecule has 0 radical (unpaired) electrons. The highest BCUT2D eigenvalue weighted by Gasteiger charge is 2.27. The molecule has 36 heavy (non-hydrogen) atoms. The minimum Gasteiger partial charge on any atom is -0.507 e. The van der Waals surface area contributed by atoms with Gasteiger partial charge in [0.2, 0.25) is 10.0 Å². The van der Waals surface area contributed by atoms with Crippen LogP contribution in [0.4, 0.5) is 0 Å². The van der Waals surface area contributed by atoms with E-state index in [9.17, 15) is 23.1 Å². The van der Waals surface area contributed by atoms with Crippen LogP contribution in [0, 0.1) is 5.92 Å². The van der Waals surface area contributed by atoms with E-state index >= 15 is 0 Å². The molecule has 1 saturated carbocycles. The average Bonchev–Trinajstić information content (AvgIpc) is 2.82. The van der Waals surface area contributed by atoms with Crippen LogP contribution in [0.5, 0.6) is 17.2 Å². The van der Waals surface area contributed by atoms with Crippen LogP contribution in [-0.4, -0.2) is 34.3 Å². The molecule has 0 spiro atoms. The Morgan fingerprint density at radius 2 is 1.81 bits per heavy atom. The second-order valence-electron chi connectivity index (χ2n) is 8.63. The van der Waals surface area contributed by atoms with Crippen molar-refractivity contribution in [2.24, 2.45) is 5.92 Å². The number of phenolic OH excluding ortho intramolecular Hbond substituents is 1. The number of hydrogen-bond donors (Lipinski definition) is 3. The Morgan fingerprint density at radius 3 is 2.44 bits per heavy atom. The van der Waals surface area contributed by atoms with Crippen molar-refractivity contribution in [1.82, 2.24) is 19.5 Å². The third-order valence-corrected chi connectivity index (χ3v) is 8.23. The van der Waals surface area contributed by atoms with Gasteiger partial charge < -0.3 is 9.84 Å². The van der Waals surface area contributed by atoms with E-state index in [1.807, 2.05) is 6.92 Å². The lowest BCUT2D eigenvalue weighted by molar-refractivity contribution is 0.303. The Hall–Kier alpha value is -2.86. The zero-order chi connectivity index (χ0) is 26.0. The summed E-state index contributed by atoms with van der Waals surface area (Å²) in [6.07, 6.45) is 6.12. The molecule has 1 unspecified atom stereocenters. The highest BCUT2D eigenvalue weighted by atomic mass is 35.5. The topological polar surface area (TPSA) is 143 Å². The Balaban J connectivity index is 1.60. The number of sulfonamides is 1. The molecule has 2 aromatic carbocycles. The van der Waals surface area contributed by atoms with E-state index in [4.69, 9.17) is 27.9 Å². The van der Waals surface area contributed by atoms with Gasteiger partial charge in [0.15, 0.2) is 5.75 Å². The highest BCUT2D eigenvalue weighted by molar-refractivity contribution is 7.89. The minimum atomic E-state index is -4.05. The third kappa shape index (κ3) is 5.75. The molecule has 3 aromatic rings. The summed E-state index contributed by atoms with van der Waals surface area (Å²) in [5.74, 6) is -0.135. The van der Waals surface area contributed by atoms with Gasteiger partial charge in [-0.05, 0) is 49.9 Å². The van der Waals surface area contributed by atoms with Crippen molar-refractivity contribution in [3.63, 3.8) is 0 Å². The number of nitrogens with zero attached hydrogens (tertiary/aromatic N) is 2. The summed E-state index contributed by atoms with van der Waals surface area (Å²) in [6.45, 7) is 1.83. The van der Waals surface area contributed by atoms with Gasteiger partial charge in [0.25, 0.3) is 5.56 Å². The summed E-state index contributed by atoms with van der Waals surface area (Å²) in [5, 5.41) is 14.0. The molecule has 0 saturated heterocycles. The molecule has 1 fully saturated rings. The van der Waals surface area contributed by atoms with Crippen LogP contribution in [0.15, 0.2) is 51.0 Å². The number of hydrogen-bond acceptors (Lipinski definition) is 7. The van der Waals surface area contributed by atoms with Gasteiger partial charge in [0.05, 0.1) is 15.7 Å². The summed E-state index contributed by atoms with van der Waals surface area (Å²) in [5.41, 5.74) is -1.27. The lowest BCUT2D eigenvalue weighted by Gasteiger charge is -2.28. The van der Waals surface area contributed by atoms with Crippen LogP contribution >= 0.6 is 23.2 Å². The molecule has 0 aliphatic heterocycles. The molecule has 10 nitrogen and oxygen atoms in total. The number of benzene rings is 2. The summed E-state index contributed by atoms with van der Waals surface area (Å²) >= 11 is 12.7. The first-order chi connectivity index (χ1) is 17.0. The van der Waals surface area contributed by atoms with Gasteiger partial charge in [-0.2, -0.15) is 9.78 Å². The zero-order valence-electron chi connectivity index (χ0n) is 19.2. The van der Waals surface area contributed by atoms with E-state index in [1.165, 1.54) is 30.3 Å². The van der Waals surface area contributed by atoms with Crippen LogP contribution in [0.25, 0.3) is 5.69 Å². The summed E-state index contributed by atoms with van der Waals surface area (Å²) in [4.78, 5) is 25.0. The fraction of sp³-hybridized carbons (Fsp3) is 0.348. The average molecular weight is 555 g/mol. The third-order valence-electron chi connectivity index (χ3n) is 6.08. The number of halogens is 2. The Morgan fingerprint density at radius 1 is 1.14 bits per heavy atom. The monoisotopic (exact) mass is 554 g/mol. The van der Waals surface area contributed by atoms with E-state index < -0.39 is 27.0 Å². The molecular formula is C23H24Cl2N4O6S. The number of ether oxygens (including phenoxy) is 1. The number of rotatable bonds is 7. The number of phenols is 1. The lowest BCUT2D eigenvalue weighted by Crippen LogP contribution is -2.38. The van der Waals surface area contributed by atoms with Crippen molar-refractivity contribution in [3.8, 4) is 22.9 Å². The molecule has 13 heteroatoms. The Kier molecular flexibility index (Phi) is 7.74. The molecule has 1 aliphatic carbocycles. The first kappa shape index (κ1) is 26.2. The molecule has 0 bridgehead atoms. The summed E-state index contributed by atoms with van der Waals surface area (Å²) in [6, 6.07) is 6.16. The van der Waals surface area contributed by atoms with Gasteiger partial charge in [-0.1, -0.05) is 42.5 Å². The molecule has 1 aliphatic rings. The smallest absolute Gasteiger partial charge is 0.349 e. The first-order valence-electron chi connectivity index (χ1n) is 11.3. The minimum absolute atomic E-state index is 0.000993. The summed E-state index contributed by atoms with van der Waals surface area (Å²) < 4.78 is 35.4. The molecular weight excluding hydrogens is 531 g/mol. The van der Waals surface area contributed by atoms with Crippen molar-refractivity contribution in [2.75, 3.05) is 0 Å². The number of aromatic amines is 1. The number of nitrogens with one attached hydrogen (secondary N) is 2. The largest absolute Gasteiger partial charge is 0.507 e. The van der Waals surface area contributed by atoms with Crippen LogP contribution in [-0.2, 0) is 10.0 Å². The van der Waals surface area contributed by atoms with Crippen molar-refractivity contribution < 1.29 is 18.3 Å². The molecule has 4 rings (SSSR count). The van der Waals surface area contributed by atoms with Gasteiger partial charge >= 0.3 is 5.69 Å².